The largest absolute Gasteiger partial charge is 0.298 e. The van der Waals surface area contributed by atoms with Gasteiger partial charge in [-0.15, -0.1) is 0 Å². The maximum atomic E-state index is 13.7. The van der Waals surface area contributed by atoms with E-state index < -0.39 is 17.3 Å². The Morgan fingerprint density at radius 3 is 0.822 bits per heavy atom. The molecule has 0 aromatic rings. The average molecular weight is 1810 g/mol. The molecule has 0 amide bonds. The van der Waals surface area contributed by atoms with Crippen LogP contribution in [0.4, 0.5) is 17.6 Å². The van der Waals surface area contributed by atoms with Gasteiger partial charge in [-0.2, -0.15) is 0 Å². The zero-order chi connectivity index (χ0) is 95.7. The summed E-state index contributed by atoms with van der Waals surface area (Å²) in [5, 5.41) is 0. The summed E-state index contributed by atoms with van der Waals surface area (Å²) in [6.45, 7) is 99.7. The Kier molecular flexibility index (Phi) is 31.8. The van der Waals surface area contributed by atoms with E-state index in [2.05, 4.69) is 282 Å². The van der Waals surface area contributed by atoms with Crippen molar-refractivity contribution >= 4 is 0 Å². The molecule has 129 heavy (non-hydrogen) atoms. The summed E-state index contributed by atoms with van der Waals surface area (Å²) < 4.78 is 52.6. The van der Waals surface area contributed by atoms with E-state index in [1.54, 1.807) is 13.8 Å². The topological polar surface area (TPSA) is 35.6 Å². The zero-order valence-electron chi connectivity index (χ0n) is 91.8. The fourth-order valence-corrected chi connectivity index (χ4v) is 28.3. The molecule has 752 valence electrons. The zero-order valence-corrected chi connectivity index (χ0v) is 91.8. The number of hydrogen-bond donors (Lipinski definition) is 0. The molecule has 0 aromatic carbocycles. The van der Waals surface area contributed by atoms with Crippen LogP contribution in [0.2, 0.25) is 0 Å². The van der Waals surface area contributed by atoms with Gasteiger partial charge in [0.05, 0.1) is 0 Å². The van der Waals surface area contributed by atoms with E-state index in [4.69, 9.17) is 0 Å². The summed E-state index contributed by atoms with van der Waals surface area (Å²) in [7, 11) is 0. The highest BCUT2D eigenvalue weighted by atomic mass is 19.3. The molecule has 7 atom stereocenters. The smallest absolute Gasteiger partial charge is 0.257 e. The van der Waals surface area contributed by atoms with Crippen molar-refractivity contribution < 1.29 is 17.6 Å². The summed E-state index contributed by atoms with van der Waals surface area (Å²) in [6.07, 6.45) is 43.0. The van der Waals surface area contributed by atoms with Crippen LogP contribution in [-0.2, 0) is 0 Å². The van der Waals surface area contributed by atoms with Crippen molar-refractivity contribution in [1.29, 1.82) is 0 Å². The first-order valence-corrected chi connectivity index (χ1v) is 54.9. The van der Waals surface area contributed by atoms with Crippen LogP contribution in [0.25, 0.3) is 0 Å². The molecule has 0 radical (unpaired) electrons. The lowest BCUT2D eigenvalue weighted by molar-refractivity contribution is -0.169. The molecule has 15 heteroatoms. The second-order valence-corrected chi connectivity index (χ2v) is 60.0. The molecule has 10 saturated carbocycles. The summed E-state index contributed by atoms with van der Waals surface area (Å²) in [4.78, 5) is 28.5. The number of fused-ring (bicyclic) bond motifs is 10. The van der Waals surface area contributed by atoms with E-state index >= 15 is 0 Å². The van der Waals surface area contributed by atoms with E-state index in [9.17, 15) is 17.6 Å². The average Bonchev–Trinajstić information content (AvgIpc) is 1.63. The van der Waals surface area contributed by atoms with Crippen LogP contribution in [0, 0.1) is 68.5 Å². The minimum atomic E-state index is -2.33. The molecule has 0 N–H and O–H groups in total. The quantitative estimate of drug-likeness (QED) is 0.218. The molecule has 8 bridgehead atoms. The first-order chi connectivity index (χ1) is 58.8. The molecule has 24 aliphatic rings. The highest BCUT2D eigenvalue weighted by Crippen LogP contribution is 2.66. The standard InChI is InChI=1S/C12H22FN.C12H23N.C11H20FN.2C11H21N.3C10H19N.C9H15F2N.2C9H17N/c1-10(2,3)14-7-5-12(6-8-14)9-11(12,4)13;1-11(2,3)13-9-8-12(10-13)6-4-5-7-12;1-9(2,3)13-7-11(8-13)5-10(4,12)6-11;1-11(2,3)12-8-9-4-6-10(12)7-5-9;1-10(2,3)12-8-6-11(4-5-11)7-9-12;1-10(2,3)11-7-8-4-5-9(11)6-8;1-9(2,3)11-7-6-10(8-11)4-5-10;1-10(2,3)11-8-4-5-9(11)7-6-8;1-8(2,3)12-4-6-7(5-12)9(6,10)11;1-9(2,3)10-5-7-4-8(7)6-10;1-9(2,3)10-6-7-4-8(10)5-7/h5-9H2,1-4H3;4-10H2,1-3H3;5-8H2,1-4H3;9-10H,4-8H2,1-3H3;4-9H2,1-3H3;8-9H,4-7H2,1-3H3;4-8H2,1-3H3;8-9H,4-7H2,1-3H3;6-7H,4-5H2,1-3H3;2*7-8H,4-6H2,1-3H3. The van der Waals surface area contributed by atoms with Gasteiger partial charge in [0.25, 0.3) is 5.92 Å². The second-order valence-electron chi connectivity index (χ2n) is 60.0. The normalized spacial score (nSPS) is 36.0. The Bertz CT molecular complexity index is 3460. The fourth-order valence-electron chi connectivity index (χ4n) is 28.3. The Labute approximate surface area is 796 Å². The third-order valence-corrected chi connectivity index (χ3v) is 38.0. The number of piperidine rings is 7. The summed E-state index contributed by atoms with van der Waals surface area (Å²) in [5.74, 6) is 2.28. The minimum absolute atomic E-state index is 0.0590. The Hall–Kier alpha value is -0.720. The second kappa shape index (κ2) is 38.3. The van der Waals surface area contributed by atoms with Crippen molar-refractivity contribution in [1.82, 2.24) is 53.9 Å². The van der Waals surface area contributed by atoms with Gasteiger partial charge >= 0.3 is 0 Å². The molecule has 11 nitrogen and oxygen atoms in total. The lowest BCUT2D eigenvalue weighted by Gasteiger charge is -2.63. The molecule has 7 unspecified atom stereocenters. The first kappa shape index (κ1) is 107. The van der Waals surface area contributed by atoms with E-state index in [0.29, 0.717) is 62.8 Å². The number of nitrogens with zero attached hydrogens (tertiary/aromatic N) is 11. The molecule has 0 aromatic heterocycles. The molecular formula is C114H213F4N11. The van der Waals surface area contributed by atoms with Gasteiger partial charge in [-0.3, -0.25) is 53.9 Å². The van der Waals surface area contributed by atoms with Gasteiger partial charge in [-0.25, -0.2) is 17.6 Å². The fraction of sp³-hybridized carbons (Fsp3) is 1.00. The van der Waals surface area contributed by atoms with Gasteiger partial charge in [-0.1, -0.05) is 12.8 Å². The molecular weight excluding hydrogens is 1600 g/mol. The predicted molar refractivity (Wildman–Crippen MR) is 543 cm³/mol. The maximum absolute atomic E-state index is 13.7. The molecule has 14 aliphatic heterocycles. The van der Waals surface area contributed by atoms with Crippen molar-refractivity contribution in [2.24, 2.45) is 68.5 Å². The number of hydrogen-bond acceptors (Lipinski definition) is 11. The van der Waals surface area contributed by atoms with E-state index in [0.717, 1.165) is 134 Å². The van der Waals surface area contributed by atoms with Crippen LogP contribution in [-0.4, -0.2) is 274 Å². The Morgan fingerprint density at radius 1 is 0.240 bits per heavy atom. The van der Waals surface area contributed by atoms with Gasteiger partial charge < -0.3 is 0 Å². The van der Waals surface area contributed by atoms with Gasteiger partial charge in [0.15, 0.2) is 0 Å². The van der Waals surface area contributed by atoms with Crippen molar-refractivity contribution in [2.75, 3.05) is 111 Å². The molecule has 5 spiro atoms. The van der Waals surface area contributed by atoms with Crippen molar-refractivity contribution in [3.63, 3.8) is 0 Å². The molecule has 24 fully saturated rings. The Morgan fingerprint density at radius 2 is 0.550 bits per heavy atom. The van der Waals surface area contributed by atoms with Gasteiger partial charge in [-0.05, 0) is 514 Å². The van der Waals surface area contributed by atoms with E-state index in [1.165, 1.54) is 239 Å². The molecule has 14 saturated heterocycles. The van der Waals surface area contributed by atoms with Gasteiger partial charge in [0.1, 0.15) is 11.3 Å². The minimum Gasteiger partial charge on any atom is -0.298 e. The van der Waals surface area contributed by atoms with Gasteiger partial charge in [0, 0.05) is 186 Å². The van der Waals surface area contributed by atoms with Crippen LogP contribution in [0.5, 0.6) is 0 Å². The molecule has 24 rings (SSSR count). The molecule has 10 aliphatic carbocycles. The summed E-state index contributed by atoms with van der Waals surface area (Å²) >= 11 is 0. The third kappa shape index (κ3) is 27.3. The number of halogens is 4. The van der Waals surface area contributed by atoms with E-state index in [-0.39, 0.29) is 33.9 Å². The van der Waals surface area contributed by atoms with Gasteiger partial charge in [0.2, 0.25) is 0 Å². The van der Waals surface area contributed by atoms with Crippen LogP contribution in [0.15, 0.2) is 0 Å². The van der Waals surface area contributed by atoms with Crippen molar-refractivity contribution in [3.05, 3.63) is 0 Å². The van der Waals surface area contributed by atoms with Crippen LogP contribution < -0.4 is 0 Å². The maximum Gasteiger partial charge on any atom is 0.257 e. The van der Waals surface area contributed by atoms with Crippen molar-refractivity contribution in [3.8, 4) is 0 Å². The van der Waals surface area contributed by atoms with E-state index in [1.807, 2.05) is 0 Å². The lowest BCUT2D eigenvalue weighted by atomic mass is 9.56. The molecule has 14 heterocycles. The lowest BCUT2D eigenvalue weighted by Crippen LogP contribution is -2.69. The number of alkyl halides is 4. The highest BCUT2D eigenvalue weighted by Gasteiger charge is 2.72. The summed E-state index contributed by atoms with van der Waals surface area (Å²) in [5.41, 5.74) is 4.97. The number of rotatable bonds is 0. The Balaban J connectivity index is 0.000000129. The first-order valence-electron chi connectivity index (χ1n) is 54.9. The highest BCUT2D eigenvalue weighted by molar-refractivity contribution is 5.17. The SMILES string of the molecule is CC(C)(C)N1C2CCC1CC2.CC(C)(C)N1CC2C(C1)C2(F)F.CC(C)(C)N1CC2CC1C2.CC(C)(C)N1CC2CC2C1.CC(C)(C)N1CC2CCC1C2.CC(C)(C)N1CC2CCC1CC2.CC(C)(C)N1CCC2(CC1)CC2.CC(C)(C)N1CCC2(CC1)CC2(C)F.CC(C)(C)N1CCC2(CC2)C1.CC(C)(C)N1CCC2(CCCC2)C1.CC1(F)CC2(CN(C(C)(C)C)C2)C1. The third-order valence-electron chi connectivity index (χ3n) is 38.0. The monoisotopic (exact) mass is 1810 g/mol. The van der Waals surface area contributed by atoms with Crippen LogP contribution >= 0.6 is 0 Å². The number of likely N-dealkylation sites (tertiary alicyclic amines) is 8. The van der Waals surface area contributed by atoms with Crippen LogP contribution in [0.3, 0.4) is 0 Å². The van der Waals surface area contributed by atoms with Crippen molar-refractivity contribution in [2.45, 2.75) is 550 Å². The summed E-state index contributed by atoms with van der Waals surface area (Å²) in [6, 6.07) is 4.65. The predicted octanol–water partition coefficient (Wildman–Crippen LogP) is 26.5. The van der Waals surface area contributed by atoms with Crippen LogP contribution in [0.1, 0.15) is 441 Å².